The highest BCUT2D eigenvalue weighted by Crippen LogP contribution is 2.34. The Morgan fingerprint density at radius 1 is 1.47 bits per heavy atom. The van der Waals surface area contributed by atoms with E-state index in [1.807, 2.05) is 13.1 Å². The Balaban J connectivity index is 1.65. The molecule has 0 spiro atoms. The number of aliphatic carboxylic acids is 1. The maximum absolute atomic E-state index is 10.8. The highest BCUT2D eigenvalue weighted by Gasteiger charge is 2.43. The van der Waals surface area contributed by atoms with Gasteiger partial charge in [-0.3, -0.25) is 4.79 Å². The molecule has 1 aromatic heterocycles. The van der Waals surface area contributed by atoms with Crippen molar-refractivity contribution in [2.75, 3.05) is 17.3 Å². The van der Waals surface area contributed by atoms with Crippen LogP contribution in [-0.4, -0.2) is 40.2 Å². The van der Waals surface area contributed by atoms with E-state index in [0.717, 1.165) is 5.82 Å². The molecular weight excluding hydrogens is 244 g/mol. The highest BCUT2D eigenvalue weighted by atomic mass is 16.4. The molecule has 1 aromatic rings. The lowest BCUT2D eigenvalue weighted by atomic mass is 9.92. The zero-order valence-corrected chi connectivity index (χ0v) is 10.9. The molecule has 0 aliphatic heterocycles. The summed E-state index contributed by atoms with van der Waals surface area (Å²) in [5.74, 6) is 0.598. The first kappa shape index (κ1) is 12.2. The molecule has 0 amide bonds. The van der Waals surface area contributed by atoms with Crippen LogP contribution in [0.15, 0.2) is 12.4 Å². The van der Waals surface area contributed by atoms with Gasteiger partial charge in [0.25, 0.3) is 0 Å². The van der Waals surface area contributed by atoms with Crippen LogP contribution < -0.4 is 10.2 Å². The van der Waals surface area contributed by atoms with Gasteiger partial charge in [-0.15, -0.1) is 0 Å². The molecule has 2 fully saturated rings. The average molecular weight is 262 g/mol. The Kier molecular flexibility index (Phi) is 3.00. The van der Waals surface area contributed by atoms with Crippen molar-refractivity contribution >= 4 is 17.6 Å². The van der Waals surface area contributed by atoms with E-state index in [9.17, 15) is 4.79 Å². The number of nitrogens with one attached hydrogen (secondary N) is 1. The second-order valence-electron chi connectivity index (χ2n) is 5.39. The quantitative estimate of drug-likeness (QED) is 0.834. The predicted octanol–water partition coefficient (Wildman–Crippen LogP) is 1.35. The Bertz CT molecular complexity index is 489. The van der Waals surface area contributed by atoms with Crippen molar-refractivity contribution in [1.82, 2.24) is 9.97 Å². The number of carboxylic acids is 1. The summed E-state index contributed by atoms with van der Waals surface area (Å²) in [6, 6.07) is 2.49. The number of rotatable bonds is 5. The molecule has 0 radical (unpaired) electrons. The van der Waals surface area contributed by atoms with E-state index in [1.165, 1.54) is 25.6 Å². The molecule has 3 rings (SSSR count). The third-order valence-corrected chi connectivity index (χ3v) is 4.08. The van der Waals surface area contributed by atoms with Crippen LogP contribution in [0.1, 0.15) is 25.7 Å². The maximum atomic E-state index is 10.8. The summed E-state index contributed by atoms with van der Waals surface area (Å²) in [4.78, 5) is 21.4. The van der Waals surface area contributed by atoms with Crippen molar-refractivity contribution in [3.63, 3.8) is 0 Å². The van der Waals surface area contributed by atoms with Gasteiger partial charge in [0.2, 0.25) is 0 Å². The topological polar surface area (TPSA) is 78.4 Å². The van der Waals surface area contributed by atoms with Gasteiger partial charge < -0.3 is 15.3 Å². The molecule has 2 atom stereocenters. The van der Waals surface area contributed by atoms with E-state index in [0.29, 0.717) is 18.3 Å². The van der Waals surface area contributed by atoms with Gasteiger partial charge in [-0.05, 0) is 25.7 Å². The number of nitrogens with zero attached hydrogens (tertiary/aromatic N) is 3. The maximum Gasteiger partial charge on any atom is 0.308 e. The minimum Gasteiger partial charge on any atom is -0.481 e. The first-order chi connectivity index (χ1) is 9.15. The molecule has 2 N–H and O–H groups in total. The van der Waals surface area contributed by atoms with Gasteiger partial charge in [0.15, 0.2) is 0 Å². The van der Waals surface area contributed by atoms with E-state index in [2.05, 4.69) is 20.2 Å². The van der Waals surface area contributed by atoms with Gasteiger partial charge in [-0.1, -0.05) is 0 Å². The largest absolute Gasteiger partial charge is 0.481 e. The summed E-state index contributed by atoms with van der Waals surface area (Å²) in [5.41, 5.74) is 0. The van der Waals surface area contributed by atoms with E-state index in [-0.39, 0.29) is 12.0 Å². The van der Waals surface area contributed by atoms with E-state index >= 15 is 0 Å². The Hall–Kier alpha value is -1.85. The van der Waals surface area contributed by atoms with Gasteiger partial charge in [0, 0.05) is 25.2 Å². The van der Waals surface area contributed by atoms with Gasteiger partial charge >= 0.3 is 5.97 Å². The van der Waals surface area contributed by atoms with Crippen molar-refractivity contribution in [2.24, 2.45) is 5.92 Å². The number of hydrogen-bond donors (Lipinski definition) is 2. The number of hydrogen-bond acceptors (Lipinski definition) is 5. The summed E-state index contributed by atoms with van der Waals surface area (Å²) in [6.07, 6.45) is 5.92. The van der Waals surface area contributed by atoms with Crippen molar-refractivity contribution < 1.29 is 9.90 Å². The number of carbonyl (C=O) groups is 1. The molecule has 0 saturated heterocycles. The Morgan fingerprint density at radius 3 is 2.84 bits per heavy atom. The lowest BCUT2D eigenvalue weighted by Crippen LogP contribution is -2.37. The monoisotopic (exact) mass is 262 g/mol. The molecule has 6 nitrogen and oxygen atoms in total. The fourth-order valence-electron chi connectivity index (χ4n) is 2.40. The Morgan fingerprint density at radius 2 is 2.26 bits per heavy atom. The van der Waals surface area contributed by atoms with E-state index < -0.39 is 5.97 Å². The molecule has 102 valence electrons. The van der Waals surface area contributed by atoms with Crippen LogP contribution in [0, 0.1) is 5.92 Å². The van der Waals surface area contributed by atoms with Gasteiger partial charge in [0.05, 0.1) is 5.92 Å². The summed E-state index contributed by atoms with van der Waals surface area (Å²) in [5, 5.41) is 12.0. The molecule has 19 heavy (non-hydrogen) atoms. The third kappa shape index (κ3) is 2.47. The van der Waals surface area contributed by atoms with Gasteiger partial charge in [-0.2, -0.15) is 0 Å². The summed E-state index contributed by atoms with van der Waals surface area (Å²) >= 11 is 0. The molecule has 0 bridgehead atoms. The van der Waals surface area contributed by atoms with Crippen LogP contribution >= 0.6 is 0 Å². The zero-order chi connectivity index (χ0) is 13.4. The SMILES string of the molecule is CN(c1cc(NC2CC2C(=O)O)ncn1)C1CCC1. The minimum absolute atomic E-state index is 0.00857. The smallest absolute Gasteiger partial charge is 0.308 e. The summed E-state index contributed by atoms with van der Waals surface area (Å²) in [6.45, 7) is 0. The van der Waals surface area contributed by atoms with Crippen molar-refractivity contribution in [1.29, 1.82) is 0 Å². The lowest BCUT2D eigenvalue weighted by Gasteiger charge is -2.35. The van der Waals surface area contributed by atoms with Crippen LogP contribution in [0.5, 0.6) is 0 Å². The van der Waals surface area contributed by atoms with E-state index in [4.69, 9.17) is 5.11 Å². The molecule has 2 unspecified atom stereocenters. The Labute approximate surface area is 111 Å². The highest BCUT2D eigenvalue weighted by molar-refractivity contribution is 5.75. The molecule has 6 heteroatoms. The standard InChI is InChI=1S/C13H18N4O2/c1-17(8-3-2-4-8)12-6-11(14-7-15-12)16-10-5-9(10)13(18)19/h6-10H,2-5H2,1H3,(H,18,19)(H,14,15,16). The van der Waals surface area contributed by atoms with Crippen molar-refractivity contribution in [2.45, 2.75) is 37.8 Å². The van der Waals surface area contributed by atoms with Crippen LogP contribution in [0.2, 0.25) is 0 Å². The summed E-state index contributed by atoms with van der Waals surface area (Å²) < 4.78 is 0. The zero-order valence-electron chi connectivity index (χ0n) is 10.9. The second kappa shape index (κ2) is 4.68. The predicted molar refractivity (Wildman–Crippen MR) is 71.2 cm³/mol. The minimum atomic E-state index is -0.738. The number of aromatic nitrogens is 2. The second-order valence-corrected chi connectivity index (χ2v) is 5.39. The van der Waals surface area contributed by atoms with Gasteiger partial charge in [-0.25, -0.2) is 9.97 Å². The molecule has 2 aliphatic carbocycles. The van der Waals surface area contributed by atoms with Crippen LogP contribution in [0.4, 0.5) is 11.6 Å². The molecular formula is C13H18N4O2. The first-order valence-electron chi connectivity index (χ1n) is 6.69. The van der Waals surface area contributed by atoms with Crippen molar-refractivity contribution in [3.8, 4) is 0 Å². The van der Waals surface area contributed by atoms with E-state index in [1.54, 1.807) is 0 Å². The lowest BCUT2D eigenvalue weighted by molar-refractivity contribution is -0.138. The molecule has 2 aliphatic rings. The van der Waals surface area contributed by atoms with Crippen LogP contribution in [0.25, 0.3) is 0 Å². The average Bonchev–Trinajstić information content (AvgIpc) is 3.06. The number of anilines is 2. The molecule has 1 heterocycles. The number of carboxylic acid groups (broad SMARTS) is 1. The summed E-state index contributed by atoms with van der Waals surface area (Å²) in [7, 11) is 2.05. The fourth-order valence-corrected chi connectivity index (χ4v) is 2.40. The van der Waals surface area contributed by atoms with Crippen molar-refractivity contribution in [3.05, 3.63) is 12.4 Å². The molecule has 2 saturated carbocycles. The van der Waals surface area contributed by atoms with Crippen LogP contribution in [-0.2, 0) is 4.79 Å². The van der Waals surface area contributed by atoms with Crippen LogP contribution in [0.3, 0.4) is 0 Å². The first-order valence-corrected chi connectivity index (χ1v) is 6.69. The normalized spacial score (nSPS) is 25.5. The van der Waals surface area contributed by atoms with Gasteiger partial charge in [0.1, 0.15) is 18.0 Å². The fraction of sp³-hybridized carbons (Fsp3) is 0.615. The third-order valence-electron chi connectivity index (χ3n) is 4.08. The molecule has 0 aromatic carbocycles.